The van der Waals surface area contributed by atoms with Crippen LogP contribution in [-0.4, -0.2) is 48.3 Å². The number of nitrogens with one attached hydrogen (secondary N) is 1. The standard InChI is InChI=1S/C23H23FN3O2PS/c1-28-22-17(9-15(30)10-20(22)24)19-12-26-23-18(19)8-14(11-25-23)21-3-2-16(31-21)13-27-4-6-29-7-5-27/h2-3,8-12H,4-7,13,30H2,1H3,(H,25,26). The molecule has 4 aromatic rings. The second-order valence-electron chi connectivity index (χ2n) is 7.56. The molecule has 8 heteroatoms. The molecule has 1 N–H and O–H groups in total. The Balaban J connectivity index is 1.50. The first kappa shape index (κ1) is 20.6. The quantitative estimate of drug-likeness (QED) is 0.452. The zero-order valence-electron chi connectivity index (χ0n) is 17.2. The molecule has 3 aromatic heterocycles. The van der Waals surface area contributed by atoms with Crippen molar-refractivity contribution >= 4 is 36.9 Å². The van der Waals surface area contributed by atoms with Gasteiger partial charge in [0.05, 0.1) is 20.3 Å². The molecule has 0 radical (unpaired) electrons. The summed E-state index contributed by atoms with van der Waals surface area (Å²) in [6, 6.07) is 9.82. The number of thiophene rings is 1. The number of nitrogens with zero attached hydrogens (tertiary/aromatic N) is 2. The first-order valence-corrected chi connectivity index (χ1v) is 11.5. The predicted octanol–water partition coefficient (Wildman–Crippen LogP) is 4.44. The summed E-state index contributed by atoms with van der Waals surface area (Å²) in [7, 11) is 4.04. The summed E-state index contributed by atoms with van der Waals surface area (Å²) in [6.45, 7) is 4.49. The van der Waals surface area contributed by atoms with E-state index in [-0.39, 0.29) is 11.6 Å². The number of hydrogen-bond donors (Lipinski definition) is 1. The monoisotopic (exact) mass is 455 g/mol. The molecule has 0 spiro atoms. The van der Waals surface area contributed by atoms with Gasteiger partial charge in [0.1, 0.15) is 5.65 Å². The van der Waals surface area contributed by atoms with Crippen LogP contribution in [0, 0.1) is 5.82 Å². The summed E-state index contributed by atoms with van der Waals surface area (Å²) in [4.78, 5) is 12.7. The Morgan fingerprint density at radius 3 is 2.87 bits per heavy atom. The molecular weight excluding hydrogens is 432 g/mol. The molecule has 4 heterocycles. The Kier molecular flexibility index (Phi) is 5.76. The van der Waals surface area contributed by atoms with Gasteiger partial charge in [-0.2, -0.15) is 0 Å². The third-order valence-electron chi connectivity index (χ3n) is 5.52. The van der Waals surface area contributed by atoms with Crippen LogP contribution in [0.4, 0.5) is 4.39 Å². The first-order chi connectivity index (χ1) is 15.1. The number of hydrogen-bond acceptors (Lipinski definition) is 5. The highest BCUT2D eigenvalue weighted by Gasteiger charge is 2.18. The fourth-order valence-electron chi connectivity index (χ4n) is 3.98. The molecule has 0 saturated carbocycles. The van der Waals surface area contributed by atoms with Gasteiger partial charge in [-0.15, -0.1) is 20.6 Å². The van der Waals surface area contributed by atoms with Crippen molar-refractivity contribution in [2.45, 2.75) is 6.54 Å². The number of rotatable bonds is 5. The molecule has 0 bridgehead atoms. The zero-order chi connectivity index (χ0) is 21.4. The van der Waals surface area contributed by atoms with Gasteiger partial charge in [0.2, 0.25) is 0 Å². The Hall–Kier alpha value is -2.31. The van der Waals surface area contributed by atoms with E-state index in [4.69, 9.17) is 9.47 Å². The molecule has 1 atom stereocenters. The Bertz CT molecular complexity index is 1230. The molecular formula is C23H23FN3O2PS. The summed E-state index contributed by atoms with van der Waals surface area (Å²) in [6.07, 6.45) is 3.75. The van der Waals surface area contributed by atoms with Crippen molar-refractivity contribution in [2.75, 3.05) is 33.4 Å². The predicted molar refractivity (Wildman–Crippen MR) is 127 cm³/mol. The van der Waals surface area contributed by atoms with Gasteiger partial charge in [-0.05, 0) is 35.6 Å². The Morgan fingerprint density at radius 2 is 2.06 bits per heavy atom. The van der Waals surface area contributed by atoms with Crippen molar-refractivity contribution in [1.82, 2.24) is 14.9 Å². The fourth-order valence-corrected chi connectivity index (χ4v) is 5.32. The van der Waals surface area contributed by atoms with E-state index in [0.29, 0.717) is 5.56 Å². The van der Waals surface area contributed by atoms with Crippen LogP contribution in [-0.2, 0) is 11.3 Å². The minimum absolute atomic E-state index is 0.237. The van der Waals surface area contributed by atoms with E-state index >= 15 is 0 Å². The van der Waals surface area contributed by atoms with Crippen LogP contribution in [0.15, 0.2) is 42.7 Å². The maximum atomic E-state index is 14.5. The van der Waals surface area contributed by atoms with Crippen LogP contribution in [0.1, 0.15) is 4.88 Å². The molecule has 5 nitrogen and oxygen atoms in total. The second-order valence-corrected chi connectivity index (χ2v) is 9.40. The van der Waals surface area contributed by atoms with Crippen LogP contribution in [0.25, 0.3) is 32.6 Å². The lowest BCUT2D eigenvalue weighted by atomic mass is 10.0. The number of halogens is 1. The van der Waals surface area contributed by atoms with Gasteiger partial charge in [-0.25, -0.2) is 9.37 Å². The average molecular weight is 455 g/mol. The number of morpholine rings is 1. The third-order valence-corrected chi connectivity index (χ3v) is 6.97. The van der Waals surface area contributed by atoms with Crippen LogP contribution in [0.5, 0.6) is 5.75 Å². The van der Waals surface area contributed by atoms with Gasteiger partial charge >= 0.3 is 0 Å². The molecule has 31 heavy (non-hydrogen) atoms. The fraction of sp³-hybridized carbons (Fsp3) is 0.261. The van der Waals surface area contributed by atoms with Crippen molar-refractivity contribution in [3.8, 4) is 27.3 Å². The molecule has 0 aliphatic carbocycles. The largest absolute Gasteiger partial charge is 0.493 e. The maximum Gasteiger partial charge on any atom is 0.166 e. The normalized spacial score (nSPS) is 14.9. The van der Waals surface area contributed by atoms with E-state index in [1.807, 2.05) is 18.5 Å². The molecule has 0 amide bonds. The minimum atomic E-state index is -0.380. The highest BCUT2D eigenvalue weighted by atomic mass is 32.1. The van der Waals surface area contributed by atoms with Gasteiger partial charge in [0.25, 0.3) is 0 Å². The summed E-state index contributed by atoms with van der Waals surface area (Å²) >= 11 is 1.78. The Labute approximate surface area is 186 Å². The number of benzene rings is 1. The molecule has 1 fully saturated rings. The topological polar surface area (TPSA) is 50.4 Å². The van der Waals surface area contributed by atoms with E-state index in [0.717, 1.165) is 60.3 Å². The number of fused-ring (bicyclic) bond motifs is 1. The van der Waals surface area contributed by atoms with Gasteiger partial charge < -0.3 is 14.5 Å². The van der Waals surface area contributed by atoms with Crippen molar-refractivity contribution < 1.29 is 13.9 Å². The molecule has 1 aliphatic rings. The van der Waals surface area contributed by atoms with Crippen molar-refractivity contribution in [3.05, 3.63) is 53.4 Å². The number of pyridine rings is 1. The molecule has 1 aliphatic heterocycles. The van der Waals surface area contributed by atoms with E-state index < -0.39 is 0 Å². The Morgan fingerprint density at radius 1 is 1.23 bits per heavy atom. The lowest BCUT2D eigenvalue weighted by molar-refractivity contribution is 0.0346. The van der Waals surface area contributed by atoms with Crippen LogP contribution in [0.2, 0.25) is 0 Å². The van der Waals surface area contributed by atoms with Gasteiger partial charge in [0, 0.05) is 63.9 Å². The molecule has 160 valence electrons. The van der Waals surface area contributed by atoms with Crippen molar-refractivity contribution in [3.63, 3.8) is 0 Å². The molecule has 1 aromatic carbocycles. The molecule has 5 rings (SSSR count). The number of aromatic nitrogens is 2. The molecule has 1 unspecified atom stereocenters. The highest BCUT2D eigenvalue weighted by molar-refractivity contribution is 7.27. The summed E-state index contributed by atoms with van der Waals surface area (Å²) in [5, 5.41) is 1.70. The number of aromatic amines is 1. The molecule has 1 saturated heterocycles. The van der Waals surface area contributed by atoms with Crippen LogP contribution >= 0.6 is 20.6 Å². The van der Waals surface area contributed by atoms with E-state index in [1.165, 1.54) is 22.9 Å². The number of H-pyrrole nitrogens is 1. The van der Waals surface area contributed by atoms with E-state index in [1.54, 1.807) is 11.3 Å². The summed E-state index contributed by atoms with van der Waals surface area (Å²) in [5.41, 5.74) is 3.39. The first-order valence-electron chi connectivity index (χ1n) is 10.1. The number of methoxy groups -OCH3 is 1. The van der Waals surface area contributed by atoms with Crippen LogP contribution < -0.4 is 10.0 Å². The smallest absolute Gasteiger partial charge is 0.166 e. The minimum Gasteiger partial charge on any atom is -0.493 e. The SMILES string of the molecule is COc1c(F)cc(P)cc1-c1c[nH]c2ncc(-c3ccc(CN4CCOCC4)s3)cc12. The second kappa shape index (κ2) is 8.67. The average Bonchev–Trinajstić information content (AvgIpc) is 3.40. The maximum absolute atomic E-state index is 14.5. The third kappa shape index (κ3) is 4.11. The summed E-state index contributed by atoms with van der Waals surface area (Å²) in [5.74, 6) is -0.143. The zero-order valence-corrected chi connectivity index (χ0v) is 19.1. The van der Waals surface area contributed by atoms with Crippen molar-refractivity contribution in [2.24, 2.45) is 0 Å². The van der Waals surface area contributed by atoms with Gasteiger partial charge in [-0.3, -0.25) is 4.90 Å². The van der Waals surface area contributed by atoms with Gasteiger partial charge in [0.15, 0.2) is 11.6 Å². The van der Waals surface area contributed by atoms with E-state index in [2.05, 4.69) is 42.3 Å². The highest BCUT2D eigenvalue weighted by Crippen LogP contribution is 2.38. The number of ether oxygens (including phenoxy) is 2. The van der Waals surface area contributed by atoms with E-state index in [9.17, 15) is 4.39 Å². The van der Waals surface area contributed by atoms with Crippen LogP contribution in [0.3, 0.4) is 0 Å². The summed E-state index contributed by atoms with van der Waals surface area (Å²) < 4.78 is 25.3. The van der Waals surface area contributed by atoms with Gasteiger partial charge in [-0.1, -0.05) is 0 Å². The van der Waals surface area contributed by atoms with Crippen molar-refractivity contribution in [1.29, 1.82) is 0 Å². The lowest BCUT2D eigenvalue weighted by Crippen LogP contribution is -2.35. The lowest BCUT2D eigenvalue weighted by Gasteiger charge is -2.25.